The fourth-order valence-corrected chi connectivity index (χ4v) is 16.2. The zero-order valence-corrected chi connectivity index (χ0v) is 62.7. The number of unbranched alkanes of at least 4 members (excludes halogenated alkanes) is 2. The Balaban J connectivity index is 0.834. The molecule has 0 saturated heterocycles. The highest BCUT2D eigenvalue weighted by Crippen LogP contribution is 2.50. The smallest absolute Gasteiger partial charge is 0.305 e. The Bertz CT molecular complexity index is 4130. The van der Waals surface area contributed by atoms with Gasteiger partial charge in [0.2, 0.25) is 35.4 Å². The van der Waals surface area contributed by atoms with E-state index in [1.165, 1.54) is 25.2 Å². The van der Waals surface area contributed by atoms with Crippen LogP contribution in [0.2, 0.25) is 0 Å². The number of nitrogens with zero attached hydrogens (tertiary/aromatic N) is 2. The van der Waals surface area contributed by atoms with E-state index in [0.29, 0.717) is 68.1 Å². The predicted molar refractivity (Wildman–Crippen MR) is 425 cm³/mol. The first-order valence-corrected chi connectivity index (χ1v) is 38.3. The van der Waals surface area contributed by atoms with Crippen LogP contribution in [0, 0.1) is 11.3 Å². The summed E-state index contributed by atoms with van der Waals surface area (Å²) < 4.78 is -1.11. The van der Waals surface area contributed by atoms with Crippen LogP contribution in [0.3, 0.4) is 0 Å². The number of hydrogen-bond acceptors (Lipinski definition) is 13. The van der Waals surface area contributed by atoms with E-state index >= 15 is 0 Å². The standard InChI is InChI=1S/C84H96N12O10S2/c1-58(2)76-81(106)95(3)71(38-25-45-89-82(85)86)80(105)91-55-73(98)93-70(53-75(100)101)79(104)90-54-60-50-62(78(103)94-76)52-69(51-60)92-72(97)39-23-10-24-44-88-77(102)61-42-40-59(41-43-61)56-96(47-49-108-84(66-32-17-7-18-33-66,67-34-19-8-20-35-67)68-36-21-9-22-37-68)57-74(99)87-46-48-107-83(63-26-11-4-12-27-63,64-28-13-5-14-29-64)65-30-15-6-16-31-65/h4-9,11-22,26-37,40-43,50-52,58,70-71,76H,10,23-25,38-39,44-49,53-57H2,1-3H3,(H,87,99)(H,88,102)(H,90,104)(H,91,105)(H,92,97)(H,93,98)(H,94,103)(H,100,101)(H4,85,86,89)/t70-,71-,76+/m0/s1. The first-order chi connectivity index (χ1) is 52.2. The molecular weight excluding hydrogens is 1400 g/mol. The van der Waals surface area contributed by atoms with Gasteiger partial charge in [0.1, 0.15) is 18.1 Å². The van der Waals surface area contributed by atoms with E-state index in [2.05, 4.69) is 193 Å². The zero-order chi connectivity index (χ0) is 76.8. The van der Waals surface area contributed by atoms with E-state index in [1.54, 1.807) is 37.7 Å². The van der Waals surface area contributed by atoms with Gasteiger partial charge in [0.25, 0.3) is 11.8 Å². The Kier molecular flexibility index (Phi) is 30.4. The molecule has 12 N–H and O–H groups in total. The minimum atomic E-state index is -1.58. The first kappa shape index (κ1) is 81.0. The molecule has 0 fully saturated rings. The molecule has 24 heteroatoms. The van der Waals surface area contributed by atoms with Crippen LogP contribution < -0.4 is 48.3 Å². The van der Waals surface area contributed by atoms with Gasteiger partial charge >= 0.3 is 5.97 Å². The number of thioether (sulfide) groups is 2. The van der Waals surface area contributed by atoms with Crippen molar-refractivity contribution >= 4 is 88.4 Å². The average Bonchev–Trinajstić information content (AvgIpc) is 0.762. The summed E-state index contributed by atoms with van der Waals surface area (Å²) >= 11 is 3.62. The molecular formula is C84H96N12O10S2. The molecule has 8 aromatic rings. The summed E-state index contributed by atoms with van der Waals surface area (Å²) in [7, 11) is 1.38. The lowest BCUT2D eigenvalue weighted by Crippen LogP contribution is -2.57. The normalized spacial score (nSPS) is 15.3. The molecule has 0 aromatic heterocycles. The van der Waals surface area contributed by atoms with Crippen molar-refractivity contribution in [1.29, 1.82) is 5.41 Å². The van der Waals surface area contributed by atoms with Crippen molar-refractivity contribution in [2.45, 2.75) is 99.5 Å². The maximum Gasteiger partial charge on any atom is 0.305 e. The van der Waals surface area contributed by atoms with Crippen LogP contribution >= 0.6 is 23.5 Å². The van der Waals surface area contributed by atoms with E-state index in [-0.39, 0.29) is 67.9 Å². The maximum atomic E-state index is 14.4. The molecule has 8 aromatic carbocycles. The van der Waals surface area contributed by atoms with E-state index in [9.17, 15) is 48.3 Å². The largest absolute Gasteiger partial charge is 0.481 e. The number of rotatable bonds is 33. The lowest BCUT2D eigenvalue weighted by molar-refractivity contribution is -0.142. The molecule has 1 heterocycles. The molecule has 564 valence electrons. The van der Waals surface area contributed by atoms with Crippen molar-refractivity contribution in [3.63, 3.8) is 0 Å². The van der Waals surface area contributed by atoms with E-state index < -0.39 is 87.9 Å². The second-order valence-electron chi connectivity index (χ2n) is 26.8. The molecule has 9 rings (SSSR count). The molecule has 2 bridgehead atoms. The molecule has 0 aliphatic carbocycles. The number of fused-ring (bicyclic) bond motifs is 2. The third-order valence-corrected chi connectivity index (χ3v) is 21.7. The topological polar surface area (TPSA) is 326 Å². The van der Waals surface area contributed by atoms with Crippen LogP contribution in [0.25, 0.3) is 0 Å². The summed E-state index contributed by atoms with van der Waals surface area (Å²) in [5.74, 6) is -5.53. The van der Waals surface area contributed by atoms with Gasteiger partial charge in [0.15, 0.2) is 5.96 Å². The van der Waals surface area contributed by atoms with Crippen molar-refractivity contribution < 1.29 is 48.3 Å². The number of nitrogens with two attached hydrogens (primary N) is 1. The van der Waals surface area contributed by atoms with Crippen LogP contribution in [-0.2, 0) is 56.1 Å². The molecule has 1 aliphatic rings. The molecule has 0 unspecified atom stereocenters. The van der Waals surface area contributed by atoms with Crippen molar-refractivity contribution in [3.8, 4) is 0 Å². The highest BCUT2D eigenvalue weighted by atomic mass is 32.2. The van der Waals surface area contributed by atoms with E-state index in [0.717, 1.165) is 43.8 Å². The fraction of sp³-hybridized carbons (Fsp3) is 0.310. The summed E-state index contributed by atoms with van der Waals surface area (Å²) in [5.41, 5.74) is 14.2. The third-order valence-electron chi connectivity index (χ3n) is 18.7. The van der Waals surface area contributed by atoms with Crippen molar-refractivity contribution in [2.75, 3.05) is 63.1 Å². The first-order valence-electron chi connectivity index (χ1n) is 36.4. The second-order valence-corrected chi connectivity index (χ2v) is 29.5. The van der Waals surface area contributed by atoms with E-state index in [4.69, 9.17) is 11.1 Å². The number of aliphatic carboxylic acids is 1. The fourth-order valence-electron chi connectivity index (χ4n) is 13.2. The Labute approximate surface area is 639 Å². The van der Waals surface area contributed by atoms with E-state index in [1.807, 2.05) is 60.3 Å². The van der Waals surface area contributed by atoms with Gasteiger partial charge in [-0.1, -0.05) is 214 Å². The predicted octanol–water partition coefficient (Wildman–Crippen LogP) is 9.53. The highest BCUT2D eigenvalue weighted by Gasteiger charge is 2.40. The molecule has 22 nitrogen and oxygen atoms in total. The second kappa shape index (κ2) is 40.6. The number of carbonyl (C=O) groups excluding carboxylic acids is 8. The van der Waals surface area contributed by atoms with Crippen LogP contribution in [0.15, 0.2) is 224 Å². The Morgan fingerprint density at radius 2 is 1.10 bits per heavy atom. The van der Waals surface area contributed by atoms with Gasteiger partial charge in [0, 0.05) is 81.1 Å². The maximum absolute atomic E-state index is 14.4. The van der Waals surface area contributed by atoms with Crippen LogP contribution in [0.1, 0.15) is 124 Å². The molecule has 1 aliphatic heterocycles. The minimum Gasteiger partial charge on any atom is -0.481 e. The van der Waals surface area contributed by atoms with Crippen LogP contribution in [0.5, 0.6) is 0 Å². The number of carboxylic acid groups (broad SMARTS) is 1. The van der Waals surface area contributed by atoms with Crippen molar-refractivity contribution in [1.82, 2.24) is 47.0 Å². The molecule has 0 saturated carbocycles. The summed E-state index contributed by atoms with van der Waals surface area (Å²) in [6.45, 7) is 4.52. The summed E-state index contributed by atoms with van der Waals surface area (Å²) in [5, 5.41) is 39.1. The minimum absolute atomic E-state index is 0.00140. The monoisotopic (exact) mass is 1500 g/mol. The molecule has 0 spiro atoms. The van der Waals surface area contributed by atoms with Gasteiger partial charge < -0.3 is 58.3 Å². The SMILES string of the molecule is CC(C)[C@H]1NC(=O)c2cc(cc(NC(=O)CCCCCNC(=O)c3ccc(CN(CCSC(c4ccccc4)(c4ccccc4)c4ccccc4)CC(=O)NCCSC(c4ccccc4)(c4ccccc4)c4ccccc4)cc3)c2)CNC(=O)[C@H](CC(=O)O)NC(=O)CNC(=O)[C@H](CCCNC(=N)N)N(C)C1=O. The lowest BCUT2D eigenvalue weighted by Gasteiger charge is -2.36. The zero-order valence-electron chi connectivity index (χ0n) is 61.1. The Morgan fingerprint density at radius 1 is 0.593 bits per heavy atom. The molecule has 108 heavy (non-hydrogen) atoms. The quantitative estimate of drug-likeness (QED) is 0.00789. The Hall–Kier alpha value is -11.1. The van der Waals surface area contributed by atoms with Gasteiger partial charge in [-0.25, -0.2) is 0 Å². The van der Waals surface area contributed by atoms with Crippen molar-refractivity contribution in [2.24, 2.45) is 11.7 Å². The number of likely N-dealkylation sites (N-methyl/N-ethyl adjacent to an activating group) is 1. The highest BCUT2D eigenvalue weighted by molar-refractivity contribution is 8.00. The lowest BCUT2D eigenvalue weighted by atomic mass is 9.84. The molecule has 3 atom stereocenters. The Morgan fingerprint density at radius 3 is 1.61 bits per heavy atom. The number of guanidine groups is 1. The number of carbonyl (C=O) groups is 9. The number of hydrogen-bond donors (Lipinski definition) is 11. The third kappa shape index (κ3) is 22.7. The van der Waals surface area contributed by atoms with Crippen LogP contribution in [-0.4, -0.2) is 150 Å². The number of benzene rings is 8. The van der Waals surface area contributed by atoms with Crippen molar-refractivity contribution in [3.05, 3.63) is 280 Å². The van der Waals surface area contributed by atoms with Gasteiger partial charge in [0.05, 0.1) is 29.0 Å². The average molecular weight is 1500 g/mol. The van der Waals surface area contributed by atoms with Crippen LogP contribution in [0.4, 0.5) is 5.69 Å². The van der Waals surface area contributed by atoms with Gasteiger partial charge in [-0.15, -0.1) is 23.5 Å². The number of anilines is 1. The number of nitrogens with one attached hydrogen (secondary N) is 9. The number of amides is 8. The molecule has 0 radical (unpaired) electrons. The van der Waals surface area contributed by atoms with Gasteiger partial charge in [-0.05, 0) is 106 Å². The summed E-state index contributed by atoms with van der Waals surface area (Å²) in [6, 6.07) is 71.0. The summed E-state index contributed by atoms with van der Waals surface area (Å²) in [6.07, 6.45) is 1.10. The summed E-state index contributed by atoms with van der Waals surface area (Å²) in [4.78, 5) is 126. The molecule has 8 amide bonds. The number of carboxylic acids is 1. The van der Waals surface area contributed by atoms with Gasteiger partial charge in [-0.3, -0.25) is 53.5 Å². The van der Waals surface area contributed by atoms with Gasteiger partial charge in [-0.2, -0.15) is 0 Å².